The first kappa shape index (κ1) is 16.4. The first-order valence-corrected chi connectivity index (χ1v) is 8.51. The summed E-state index contributed by atoms with van der Waals surface area (Å²) in [4.78, 5) is 27.9. The zero-order valence-corrected chi connectivity index (χ0v) is 14.4. The number of pyridine rings is 1. The number of aromatic nitrogens is 3. The van der Waals surface area contributed by atoms with Crippen molar-refractivity contribution >= 4 is 22.6 Å². The summed E-state index contributed by atoms with van der Waals surface area (Å²) >= 11 is 0. The van der Waals surface area contributed by atoms with E-state index in [1.165, 1.54) is 0 Å². The lowest BCUT2D eigenvalue weighted by atomic mass is 10.1. The largest absolute Gasteiger partial charge is 0.372 e. The Morgan fingerprint density at radius 3 is 2.92 bits per heavy atom. The number of hydrogen-bond donors (Lipinski definition) is 1. The number of carbonyl (C=O) groups excluding carboxylic acids is 1. The average Bonchev–Trinajstić information content (AvgIpc) is 2.73. The highest BCUT2D eigenvalue weighted by atomic mass is 16.5. The quantitative estimate of drug-likeness (QED) is 0.781. The van der Waals surface area contributed by atoms with E-state index < -0.39 is 0 Å². The lowest BCUT2D eigenvalue weighted by Crippen LogP contribution is -2.42. The molecule has 1 saturated heterocycles. The molecular formula is C19H19N5O2. The molecule has 3 heterocycles. The summed E-state index contributed by atoms with van der Waals surface area (Å²) in [6, 6.07) is 9.39. The van der Waals surface area contributed by atoms with Crippen molar-refractivity contribution in [3.05, 3.63) is 60.2 Å². The second-order valence-corrected chi connectivity index (χ2v) is 6.03. The average molecular weight is 349 g/mol. The molecule has 0 bridgehead atoms. The molecule has 1 aliphatic rings. The molecule has 1 N–H and O–H groups in total. The van der Waals surface area contributed by atoms with E-state index in [-0.39, 0.29) is 12.0 Å². The van der Waals surface area contributed by atoms with Crippen LogP contribution in [0.5, 0.6) is 0 Å². The number of rotatable bonds is 3. The van der Waals surface area contributed by atoms with Gasteiger partial charge in [0.05, 0.1) is 18.7 Å². The molecule has 0 saturated carbocycles. The summed E-state index contributed by atoms with van der Waals surface area (Å²) in [6.07, 6.45) is 4.69. The third-order valence-corrected chi connectivity index (χ3v) is 4.50. The maximum atomic E-state index is 13.1. The van der Waals surface area contributed by atoms with E-state index in [0.717, 1.165) is 10.9 Å². The third kappa shape index (κ3) is 2.97. The van der Waals surface area contributed by atoms with Crippen LogP contribution in [0.2, 0.25) is 0 Å². The molecule has 0 aliphatic carbocycles. The minimum atomic E-state index is -0.308. The van der Waals surface area contributed by atoms with E-state index >= 15 is 0 Å². The topological polar surface area (TPSA) is 80.2 Å². The van der Waals surface area contributed by atoms with Gasteiger partial charge in [-0.15, -0.1) is 0 Å². The number of nitrogens with zero attached hydrogens (tertiary/aromatic N) is 4. The van der Waals surface area contributed by atoms with Gasteiger partial charge >= 0.3 is 0 Å². The molecule has 1 amide bonds. The van der Waals surface area contributed by atoms with Gasteiger partial charge in [-0.05, 0) is 18.2 Å². The van der Waals surface area contributed by atoms with Crippen LogP contribution in [0, 0.1) is 0 Å². The normalized spacial score (nSPS) is 17.3. The van der Waals surface area contributed by atoms with Crippen molar-refractivity contribution in [2.45, 2.75) is 6.10 Å². The van der Waals surface area contributed by atoms with Crippen LogP contribution in [-0.4, -0.2) is 52.5 Å². The van der Waals surface area contributed by atoms with Crippen molar-refractivity contribution in [3.63, 3.8) is 0 Å². The number of amides is 1. The van der Waals surface area contributed by atoms with Crippen molar-refractivity contribution in [2.24, 2.45) is 0 Å². The molecule has 1 fully saturated rings. The Bertz CT molecular complexity index is 941. The van der Waals surface area contributed by atoms with Gasteiger partial charge in [0, 0.05) is 43.1 Å². The predicted molar refractivity (Wildman–Crippen MR) is 97.9 cm³/mol. The lowest BCUT2D eigenvalue weighted by molar-refractivity contribution is -0.0244. The van der Waals surface area contributed by atoms with Crippen molar-refractivity contribution < 1.29 is 9.53 Å². The van der Waals surface area contributed by atoms with Gasteiger partial charge in [0.2, 0.25) is 0 Å². The number of morpholine rings is 1. The Balaban J connectivity index is 1.62. The maximum absolute atomic E-state index is 13.1. The zero-order valence-electron chi connectivity index (χ0n) is 14.4. The number of benzene rings is 1. The molecule has 1 aliphatic heterocycles. The van der Waals surface area contributed by atoms with Crippen LogP contribution in [0.4, 0.5) is 5.82 Å². The summed E-state index contributed by atoms with van der Waals surface area (Å²) in [7, 11) is 1.79. The first-order valence-electron chi connectivity index (χ1n) is 8.51. The minimum Gasteiger partial charge on any atom is -0.372 e. The monoisotopic (exact) mass is 349 g/mol. The van der Waals surface area contributed by atoms with Crippen LogP contribution in [0.15, 0.2) is 48.9 Å². The Hall–Kier alpha value is -3.06. The van der Waals surface area contributed by atoms with Crippen LogP contribution in [0.25, 0.3) is 10.9 Å². The fraction of sp³-hybridized carbons (Fsp3) is 0.263. The van der Waals surface area contributed by atoms with Crippen LogP contribution in [-0.2, 0) is 4.74 Å². The van der Waals surface area contributed by atoms with Crippen molar-refractivity contribution in [2.75, 3.05) is 32.1 Å². The standard InChI is InChI=1S/C19H19N5O2/c1-20-18-17(22-8-9-23-18)16-12-24(10-11-26-16)19(25)14-4-2-6-15-13(14)5-3-7-21-15/h2-9,16H,10-12H2,1H3,(H,20,23)/t16-/m1/s1. The van der Waals surface area contributed by atoms with Crippen LogP contribution < -0.4 is 5.32 Å². The van der Waals surface area contributed by atoms with Crippen molar-refractivity contribution in [1.82, 2.24) is 19.9 Å². The molecule has 0 spiro atoms. The van der Waals surface area contributed by atoms with Gasteiger partial charge in [0.15, 0.2) is 0 Å². The van der Waals surface area contributed by atoms with Crippen molar-refractivity contribution in [1.29, 1.82) is 0 Å². The molecule has 4 rings (SSSR count). The van der Waals surface area contributed by atoms with Crippen LogP contribution in [0.3, 0.4) is 0 Å². The number of carbonyl (C=O) groups is 1. The molecule has 0 unspecified atom stereocenters. The lowest BCUT2D eigenvalue weighted by Gasteiger charge is -2.33. The number of anilines is 1. The molecule has 0 radical (unpaired) electrons. The van der Waals surface area contributed by atoms with Gasteiger partial charge in [-0.25, -0.2) is 4.98 Å². The number of ether oxygens (including phenoxy) is 1. The predicted octanol–water partition coefficient (Wildman–Crippen LogP) is 2.28. The van der Waals surface area contributed by atoms with E-state index in [2.05, 4.69) is 20.3 Å². The van der Waals surface area contributed by atoms with Crippen LogP contribution in [0.1, 0.15) is 22.2 Å². The summed E-state index contributed by atoms with van der Waals surface area (Å²) < 4.78 is 5.86. The molecule has 1 atom stereocenters. The van der Waals surface area contributed by atoms with E-state index in [1.54, 1.807) is 25.6 Å². The van der Waals surface area contributed by atoms with Crippen molar-refractivity contribution in [3.8, 4) is 0 Å². The number of fused-ring (bicyclic) bond motifs is 1. The SMILES string of the molecule is CNc1nccnc1[C@H]1CN(C(=O)c2cccc3ncccc23)CCO1. The van der Waals surface area contributed by atoms with Gasteiger partial charge in [-0.1, -0.05) is 12.1 Å². The molecule has 1 aromatic carbocycles. The summed E-state index contributed by atoms with van der Waals surface area (Å²) in [6.45, 7) is 1.43. The third-order valence-electron chi connectivity index (χ3n) is 4.50. The summed E-state index contributed by atoms with van der Waals surface area (Å²) in [5.41, 5.74) is 2.19. The number of hydrogen-bond acceptors (Lipinski definition) is 6. The molecule has 2 aromatic heterocycles. The van der Waals surface area contributed by atoms with E-state index in [0.29, 0.717) is 36.8 Å². The summed E-state index contributed by atoms with van der Waals surface area (Å²) in [5.74, 6) is 0.646. The smallest absolute Gasteiger partial charge is 0.254 e. The van der Waals surface area contributed by atoms with Crippen LogP contribution >= 0.6 is 0 Å². The highest BCUT2D eigenvalue weighted by Gasteiger charge is 2.29. The second kappa shape index (κ2) is 7.05. The van der Waals surface area contributed by atoms with E-state index in [1.807, 2.05) is 35.2 Å². The molecule has 7 heteroatoms. The molecule has 26 heavy (non-hydrogen) atoms. The highest BCUT2D eigenvalue weighted by Crippen LogP contribution is 2.27. The maximum Gasteiger partial charge on any atom is 0.254 e. The van der Waals surface area contributed by atoms with E-state index in [4.69, 9.17) is 4.74 Å². The molecule has 7 nitrogen and oxygen atoms in total. The Morgan fingerprint density at radius 1 is 1.15 bits per heavy atom. The second-order valence-electron chi connectivity index (χ2n) is 6.03. The first-order chi connectivity index (χ1) is 12.8. The van der Waals surface area contributed by atoms with Gasteiger partial charge in [0.25, 0.3) is 5.91 Å². The van der Waals surface area contributed by atoms with E-state index in [9.17, 15) is 4.79 Å². The minimum absolute atomic E-state index is 0.0215. The fourth-order valence-electron chi connectivity index (χ4n) is 3.24. The molecule has 3 aromatic rings. The van der Waals surface area contributed by atoms with Gasteiger partial charge in [0.1, 0.15) is 17.6 Å². The molecular weight excluding hydrogens is 330 g/mol. The zero-order chi connectivity index (χ0) is 17.9. The summed E-state index contributed by atoms with van der Waals surface area (Å²) in [5, 5.41) is 3.89. The Morgan fingerprint density at radius 2 is 2.04 bits per heavy atom. The molecule has 132 valence electrons. The van der Waals surface area contributed by atoms with Gasteiger partial charge in [-0.2, -0.15) is 0 Å². The van der Waals surface area contributed by atoms with Gasteiger partial charge < -0.3 is 15.0 Å². The fourth-order valence-corrected chi connectivity index (χ4v) is 3.24. The Kier molecular flexibility index (Phi) is 4.45. The van der Waals surface area contributed by atoms with Gasteiger partial charge in [-0.3, -0.25) is 14.8 Å². The number of nitrogens with one attached hydrogen (secondary N) is 1. The Labute approximate surface area is 151 Å². The highest BCUT2D eigenvalue weighted by molar-refractivity contribution is 6.06.